The van der Waals surface area contributed by atoms with E-state index in [4.69, 9.17) is 4.42 Å². The number of benzene rings is 2. The predicted octanol–water partition coefficient (Wildman–Crippen LogP) is 2.52. The van der Waals surface area contributed by atoms with Crippen molar-refractivity contribution < 1.29 is 14.0 Å². The molecule has 156 valence electrons. The van der Waals surface area contributed by atoms with Gasteiger partial charge in [-0.1, -0.05) is 42.5 Å². The van der Waals surface area contributed by atoms with Gasteiger partial charge < -0.3 is 15.1 Å². The fraction of sp³-hybridized carbons (Fsp3) is 0.130. The zero-order chi connectivity index (χ0) is 21.5. The number of aromatic nitrogens is 3. The maximum Gasteiger partial charge on any atom is 0.287 e. The lowest BCUT2D eigenvalue weighted by atomic mass is 10.0. The van der Waals surface area contributed by atoms with Crippen LogP contribution in [0.2, 0.25) is 0 Å². The van der Waals surface area contributed by atoms with Gasteiger partial charge in [-0.25, -0.2) is 9.67 Å². The molecule has 31 heavy (non-hydrogen) atoms. The van der Waals surface area contributed by atoms with Crippen molar-refractivity contribution >= 4 is 11.8 Å². The molecule has 4 rings (SSSR count). The molecule has 2 aromatic heterocycles. The first-order chi connectivity index (χ1) is 15.2. The summed E-state index contributed by atoms with van der Waals surface area (Å²) in [6.07, 6.45) is 4.87. The van der Waals surface area contributed by atoms with E-state index in [9.17, 15) is 9.59 Å². The van der Waals surface area contributed by atoms with Crippen LogP contribution in [0.5, 0.6) is 0 Å². The van der Waals surface area contributed by atoms with Crippen LogP contribution >= 0.6 is 0 Å². The van der Waals surface area contributed by atoms with Crippen molar-refractivity contribution in [3.63, 3.8) is 0 Å². The summed E-state index contributed by atoms with van der Waals surface area (Å²) in [5, 5.41) is 9.76. The number of amides is 2. The predicted molar refractivity (Wildman–Crippen MR) is 113 cm³/mol. The van der Waals surface area contributed by atoms with Crippen molar-refractivity contribution in [2.24, 2.45) is 0 Å². The number of nitrogens with one attached hydrogen (secondary N) is 2. The molecule has 2 heterocycles. The Morgan fingerprint density at radius 2 is 1.77 bits per heavy atom. The Bertz CT molecular complexity index is 1110. The van der Waals surface area contributed by atoms with E-state index < -0.39 is 11.9 Å². The summed E-state index contributed by atoms with van der Waals surface area (Å²) in [6.45, 7) is 0.332. The average molecular weight is 415 g/mol. The van der Waals surface area contributed by atoms with Crippen LogP contribution in [-0.2, 0) is 17.8 Å². The van der Waals surface area contributed by atoms with E-state index >= 15 is 0 Å². The first-order valence-corrected chi connectivity index (χ1v) is 9.79. The third-order valence-electron chi connectivity index (χ3n) is 4.74. The van der Waals surface area contributed by atoms with Gasteiger partial charge in [0.15, 0.2) is 5.76 Å². The Kier molecular flexibility index (Phi) is 6.18. The smallest absolute Gasteiger partial charge is 0.287 e. The Morgan fingerprint density at radius 3 is 2.45 bits per heavy atom. The molecule has 2 amide bonds. The molecule has 1 unspecified atom stereocenters. The van der Waals surface area contributed by atoms with Crippen LogP contribution in [0, 0.1) is 0 Å². The van der Waals surface area contributed by atoms with Gasteiger partial charge >= 0.3 is 0 Å². The van der Waals surface area contributed by atoms with E-state index in [1.54, 1.807) is 23.1 Å². The number of furan rings is 1. The highest BCUT2D eigenvalue weighted by molar-refractivity contribution is 5.95. The lowest BCUT2D eigenvalue weighted by Gasteiger charge is -2.18. The molecule has 2 N–H and O–H groups in total. The van der Waals surface area contributed by atoms with E-state index in [1.165, 1.54) is 12.6 Å². The molecular formula is C23H21N5O3. The minimum atomic E-state index is -0.741. The normalized spacial score (nSPS) is 11.6. The molecule has 0 aliphatic carbocycles. The van der Waals surface area contributed by atoms with E-state index in [0.29, 0.717) is 13.0 Å². The van der Waals surface area contributed by atoms with Gasteiger partial charge in [0.05, 0.1) is 12.0 Å². The molecule has 0 saturated carbocycles. The van der Waals surface area contributed by atoms with Gasteiger partial charge in [0, 0.05) is 13.0 Å². The number of carbonyl (C=O) groups is 2. The molecular weight excluding hydrogens is 394 g/mol. The quantitative estimate of drug-likeness (QED) is 0.460. The largest absolute Gasteiger partial charge is 0.459 e. The van der Waals surface area contributed by atoms with Gasteiger partial charge in [-0.3, -0.25) is 9.59 Å². The first-order valence-electron chi connectivity index (χ1n) is 9.79. The van der Waals surface area contributed by atoms with Crippen LogP contribution in [0.15, 0.2) is 90.1 Å². The minimum absolute atomic E-state index is 0.162. The zero-order valence-electron chi connectivity index (χ0n) is 16.6. The Labute approximate surface area is 178 Å². The van der Waals surface area contributed by atoms with Crippen LogP contribution in [0.1, 0.15) is 21.7 Å². The summed E-state index contributed by atoms with van der Waals surface area (Å²) >= 11 is 0. The van der Waals surface area contributed by atoms with Crippen molar-refractivity contribution in [3.8, 4) is 5.69 Å². The maximum atomic E-state index is 12.9. The summed E-state index contributed by atoms with van der Waals surface area (Å²) in [5.41, 5.74) is 2.74. The highest BCUT2D eigenvalue weighted by Crippen LogP contribution is 2.09. The Hall–Kier alpha value is -4.20. The second-order valence-electron chi connectivity index (χ2n) is 6.92. The van der Waals surface area contributed by atoms with Gasteiger partial charge in [0.1, 0.15) is 18.7 Å². The standard InChI is InChI=1S/C23H21N5O3/c29-22(25-14-18-8-10-19(11-9-18)28-16-24-15-26-28)20(13-17-5-2-1-3-6-17)27-23(30)21-7-4-12-31-21/h1-12,15-16,20H,13-14H2,(H,25,29)(H,27,30). The number of hydrogen-bond acceptors (Lipinski definition) is 5. The van der Waals surface area contributed by atoms with E-state index in [-0.39, 0.29) is 11.7 Å². The number of nitrogens with zero attached hydrogens (tertiary/aromatic N) is 3. The summed E-state index contributed by atoms with van der Waals surface area (Å²) < 4.78 is 6.80. The van der Waals surface area contributed by atoms with Crippen molar-refractivity contribution in [1.29, 1.82) is 0 Å². The first kappa shape index (κ1) is 20.1. The van der Waals surface area contributed by atoms with Gasteiger partial charge in [-0.05, 0) is 35.4 Å². The molecule has 1 atom stereocenters. The SMILES string of the molecule is O=C(NC(Cc1ccccc1)C(=O)NCc1ccc(-n2cncn2)cc1)c1ccco1. The van der Waals surface area contributed by atoms with Gasteiger partial charge in [0.2, 0.25) is 5.91 Å². The summed E-state index contributed by atoms with van der Waals surface area (Å²) in [6, 6.07) is 19.6. The third-order valence-corrected chi connectivity index (χ3v) is 4.74. The van der Waals surface area contributed by atoms with Crippen molar-refractivity contribution in [1.82, 2.24) is 25.4 Å². The monoisotopic (exact) mass is 415 g/mol. The Balaban J connectivity index is 1.41. The van der Waals surface area contributed by atoms with Crippen LogP contribution in [-0.4, -0.2) is 32.6 Å². The maximum absolute atomic E-state index is 12.9. The molecule has 0 aliphatic rings. The summed E-state index contributed by atoms with van der Waals surface area (Å²) in [5.74, 6) is -0.545. The fourth-order valence-corrected chi connectivity index (χ4v) is 3.12. The van der Waals surface area contributed by atoms with Crippen LogP contribution < -0.4 is 10.6 Å². The molecule has 0 aliphatic heterocycles. The van der Waals surface area contributed by atoms with Crippen LogP contribution in [0.4, 0.5) is 0 Å². The molecule has 0 spiro atoms. The third kappa shape index (κ3) is 5.24. The fourth-order valence-electron chi connectivity index (χ4n) is 3.12. The topological polar surface area (TPSA) is 102 Å². The number of hydrogen-bond donors (Lipinski definition) is 2. The lowest BCUT2D eigenvalue weighted by Crippen LogP contribution is -2.47. The number of rotatable bonds is 8. The van der Waals surface area contributed by atoms with E-state index in [1.807, 2.05) is 54.6 Å². The lowest BCUT2D eigenvalue weighted by molar-refractivity contribution is -0.123. The molecule has 4 aromatic rings. The van der Waals surface area contributed by atoms with Gasteiger partial charge in [-0.15, -0.1) is 0 Å². The summed E-state index contributed by atoms with van der Waals surface area (Å²) in [4.78, 5) is 29.3. The van der Waals surface area contributed by atoms with Crippen molar-refractivity contribution in [2.45, 2.75) is 19.0 Å². The molecule has 0 fully saturated rings. The number of carbonyl (C=O) groups excluding carboxylic acids is 2. The zero-order valence-corrected chi connectivity index (χ0v) is 16.6. The van der Waals surface area contributed by atoms with Gasteiger partial charge in [0.25, 0.3) is 5.91 Å². The van der Waals surface area contributed by atoms with Crippen LogP contribution in [0.25, 0.3) is 5.69 Å². The molecule has 8 nitrogen and oxygen atoms in total. The highest BCUT2D eigenvalue weighted by atomic mass is 16.3. The van der Waals surface area contributed by atoms with Gasteiger partial charge in [-0.2, -0.15) is 5.10 Å². The molecule has 0 saturated heterocycles. The molecule has 0 radical (unpaired) electrons. The second kappa shape index (κ2) is 9.53. The molecule has 0 bridgehead atoms. The van der Waals surface area contributed by atoms with Crippen LogP contribution in [0.3, 0.4) is 0 Å². The molecule has 2 aromatic carbocycles. The average Bonchev–Trinajstić information content (AvgIpc) is 3.53. The van der Waals surface area contributed by atoms with Crippen molar-refractivity contribution in [3.05, 3.63) is 103 Å². The minimum Gasteiger partial charge on any atom is -0.459 e. The van der Waals surface area contributed by atoms with Crippen molar-refractivity contribution in [2.75, 3.05) is 0 Å². The van der Waals surface area contributed by atoms with E-state index in [2.05, 4.69) is 20.7 Å². The highest BCUT2D eigenvalue weighted by Gasteiger charge is 2.22. The Morgan fingerprint density at radius 1 is 0.968 bits per heavy atom. The van der Waals surface area contributed by atoms with E-state index in [0.717, 1.165) is 16.8 Å². The molecule has 8 heteroatoms. The second-order valence-corrected chi connectivity index (χ2v) is 6.92. The summed E-state index contributed by atoms with van der Waals surface area (Å²) in [7, 11) is 0.